The molecule has 0 bridgehead atoms. The molecule has 1 aliphatic heterocycles. The highest BCUT2D eigenvalue weighted by molar-refractivity contribution is 5.42. The molecule has 2 heterocycles. The van der Waals surface area contributed by atoms with E-state index in [-0.39, 0.29) is 6.10 Å². The smallest absolute Gasteiger partial charge is 0.168 e. The third-order valence-electron chi connectivity index (χ3n) is 4.05. The lowest BCUT2D eigenvalue weighted by Crippen LogP contribution is -2.24. The molecule has 0 radical (unpaired) electrons. The van der Waals surface area contributed by atoms with Crippen LogP contribution in [0.4, 0.5) is 0 Å². The molecule has 0 spiro atoms. The minimum Gasteiger partial charge on any atom is -0.382 e. The molecular formula is C19H23NO4. The molecule has 2 unspecified atom stereocenters. The van der Waals surface area contributed by atoms with Gasteiger partial charge in [-0.25, -0.2) is 0 Å². The Morgan fingerprint density at radius 1 is 1.38 bits per heavy atom. The number of nitrogens with zero attached hydrogens (tertiary/aromatic N) is 1. The Hall–Kier alpha value is -1.95. The Morgan fingerprint density at radius 2 is 2.29 bits per heavy atom. The first kappa shape index (κ1) is 16.9. The summed E-state index contributed by atoms with van der Waals surface area (Å²) in [7, 11) is 0. The van der Waals surface area contributed by atoms with Gasteiger partial charge in [0.25, 0.3) is 0 Å². The topological polar surface area (TPSA) is 60.8 Å². The largest absolute Gasteiger partial charge is 0.382 e. The second-order valence-corrected chi connectivity index (χ2v) is 5.94. The Labute approximate surface area is 142 Å². The lowest BCUT2D eigenvalue weighted by molar-refractivity contribution is -0.294. The molecule has 1 aromatic rings. The van der Waals surface area contributed by atoms with Crippen LogP contribution in [0.2, 0.25) is 0 Å². The highest BCUT2D eigenvalue weighted by Crippen LogP contribution is 2.35. The summed E-state index contributed by atoms with van der Waals surface area (Å²) in [6, 6.07) is 5.53. The number of unbranched alkanes of at least 4 members (excludes halogenated alkanes) is 1. The summed E-state index contributed by atoms with van der Waals surface area (Å²) in [6.07, 6.45) is 9.21. The van der Waals surface area contributed by atoms with Crippen LogP contribution in [0.1, 0.15) is 38.0 Å². The van der Waals surface area contributed by atoms with E-state index in [9.17, 15) is 5.11 Å². The quantitative estimate of drug-likeness (QED) is 0.614. The van der Waals surface area contributed by atoms with Gasteiger partial charge in [-0.15, -0.1) is 0 Å². The van der Waals surface area contributed by atoms with Crippen molar-refractivity contribution in [2.24, 2.45) is 0 Å². The number of hydrogen-bond acceptors (Lipinski definition) is 5. The monoisotopic (exact) mass is 329 g/mol. The van der Waals surface area contributed by atoms with E-state index in [1.54, 1.807) is 6.20 Å². The standard InChI is InChI=1S/C19H23NO4/c1-2-3-10-22-13-16-12-15-11-14(7-8-18(15)24-23-16)19(21)17-6-4-5-9-20-17/h4-9,12,16,19,21H,2-3,10-11,13H2,1H3. The van der Waals surface area contributed by atoms with Crippen molar-refractivity contribution in [3.8, 4) is 0 Å². The molecule has 5 heteroatoms. The number of aromatic nitrogens is 1. The third kappa shape index (κ3) is 4.12. The van der Waals surface area contributed by atoms with E-state index in [4.69, 9.17) is 14.5 Å². The van der Waals surface area contributed by atoms with Crippen LogP contribution in [0.25, 0.3) is 0 Å². The van der Waals surface area contributed by atoms with Gasteiger partial charge >= 0.3 is 0 Å². The van der Waals surface area contributed by atoms with Crippen molar-refractivity contribution in [1.82, 2.24) is 4.98 Å². The minimum atomic E-state index is -0.716. The number of fused-ring (bicyclic) bond motifs is 1. The second-order valence-electron chi connectivity index (χ2n) is 5.94. The van der Waals surface area contributed by atoms with E-state index in [2.05, 4.69) is 11.9 Å². The highest BCUT2D eigenvalue weighted by atomic mass is 17.2. The summed E-state index contributed by atoms with van der Waals surface area (Å²) >= 11 is 0. The van der Waals surface area contributed by atoms with Gasteiger partial charge in [0, 0.05) is 24.8 Å². The average Bonchev–Trinajstić information content (AvgIpc) is 2.65. The van der Waals surface area contributed by atoms with E-state index in [1.165, 1.54) is 0 Å². The van der Waals surface area contributed by atoms with Crippen LogP contribution in [0.5, 0.6) is 0 Å². The Morgan fingerprint density at radius 3 is 3.08 bits per heavy atom. The molecule has 5 nitrogen and oxygen atoms in total. The van der Waals surface area contributed by atoms with Crippen molar-refractivity contribution in [2.45, 2.75) is 38.4 Å². The van der Waals surface area contributed by atoms with Crippen LogP contribution >= 0.6 is 0 Å². The first-order valence-electron chi connectivity index (χ1n) is 8.40. The molecule has 1 N–H and O–H groups in total. The Kier molecular flexibility index (Phi) is 5.80. The molecule has 24 heavy (non-hydrogen) atoms. The predicted octanol–water partition coefficient (Wildman–Crippen LogP) is 3.40. The average molecular weight is 329 g/mol. The van der Waals surface area contributed by atoms with Gasteiger partial charge in [-0.05, 0) is 36.3 Å². The second kappa shape index (κ2) is 8.24. The van der Waals surface area contributed by atoms with Crippen molar-refractivity contribution in [2.75, 3.05) is 13.2 Å². The summed E-state index contributed by atoms with van der Waals surface area (Å²) in [5.74, 6) is 0.691. The van der Waals surface area contributed by atoms with Crippen molar-refractivity contribution < 1.29 is 19.6 Å². The zero-order valence-electron chi connectivity index (χ0n) is 13.9. The SMILES string of the molecule is CCCCOCC1C=C2CC(C(O)c3ccccn3)=CC=C2OO1. The Bertz CT molecular complexity index is 636. The van der Waals surface area contributed by atoms with E-state index in [0.717, 1.165) is 30.6 Å². The molecule has 0 fully saturated rings. The van der Waals surface area contributed by atoms with Gasteiger partial charge in [0.1, 0.15) is 12.2 Å². The summed E-state index contributed by atoms with van der Waals surface area (Å²) < 4.78 is 5.59. The van der Waals surface area contributed by atoms with Crippen LogP contribution in [-0.4, -0.2) is 29.4 Å². The minimum absolute atomic E-state index is 0.222. The summed E-state index contributed by atoms with van der Waals surface area (Å²) in [5.41, 5.74) is 2.55. The third-order valence-corrected chi connectivity index (χ3v) is 4.05. The highest BCUT2D eigenvalue weighted by Gasteiger charge is 2.26. The number of aliphatic hydroxyl groups is 1. The zero-order valence-corrected chi connectivity index (χ0v) is 13.9. The molecule has 2 aliphatic rings. The summed E-state index contributed by atoms with van der Waals surface area (Å²) in [4.78, 5) is 14.9. The zero-order chi connectivity index (χ0) is 16.8. The first-order chi connectivity index (χ1) is 11.8. The molecule has 128 valence electrons. The maximum atomic E-state index is 10.5. The van der Waals surface area contributed by atoms with Gasteiger partial charge in [0.2, 0.25) is 0 Å². The normalized spacial score (nSPS) is 21.1. The summed E-state index contributed by atoms with van der Waals surface area (Å²) in [5, 5.41) is 10.5. The van der Waals surface area contributed by atoms with E-state index >= 15 is 0 Å². The molecule has 0 saturated heterocycles. The van der Waals surface area contributed by atoms with Gasteiger partial charge in [-0.1, -0.05) is 25.5 Å². The molecule has 0 saturated carbocycles. The maximum Gasteiger partial charge on any atom is 0.168 e. The van der Waals surface area contributed by atoms with Crippen LogP contribution in [0, 0.1) is 0 Å². The number of pyridine rings is 1. The lowest BCUT2D eigenvalue weighted by Gasteiger charge is -2.27. The number of allylic oxidation sites excluding steroid dienone is 3. The fourth-order valence-electron chi connectivity index (χ4n) is 2.68. The van der Waals surface area contributed by atoms with Gasteiger partial charge in [-0.3, -0.25) is 4.98 Å². The van der Waals surface area contributed by atoms with Gasteiger partial charge in [0.05, 0.1) is 12.3 Å². The number of hydrogen-bond donors (Lipinski definition) is 1. The fraction of sp³-hybridized carbons (Fsp3) is 0.421. The van der Waals surface area contributed by atoms with E-state index < -0.39 is 6.10 Å². The number of aliphatic hydroxyl groups excluding tert-OH is 1. The molecule has 0 aromatic carbocycles. The molecule has 1 aromatic heterocycles. The molecule has 2 atom stereocenters. The van der Waals surface area contributed by atoms with Crippen molar-refractivity contribution in [3.63, 3.8) is 0 Å². The lowest BCUT2D eigenvalue weighted by atomic mass is 9.91. The van der Waals surface area contributed by atoms with Crippen LogP contribution < -0.4 is 0 Å². The molecule has 0 amide bonds. The van der Waals surface area contributed by atoms with E-state index in [1.807, 2.05) is 36.4 Å². The van der Waals surface area contributed by atoms with Crippen molar-refractivity contribution >= 4 is 0 Å². The first-order valence-corrected chi connectivity index (χ1v) is 8.40. The van der Waals surface area contributed by atoms with Gasteiger partial charge < -0.3 is 14.7 Å². The van der Waals surface area contributed by atoms with Gasteiger partial charge in [-0.2, -0.15) is 4.89 Å². The predicted molar refractivity (Wildman–Crippen MR) is 89.7 cm³/mol. The maximum absolute atomic E-state index is 10.5. The Balaban J connectivity index is 1.64. The number of rotatable bonds is 7. The number of ether oxygens (including phenoxy) is 1. The van der Waals surface area contributed by atoms with Crippen molar-refractivity contribution in [3.05, 3.63) is 65.2 Å². The van der Waals surface area contributed by atoms with Crippen LogP contribution in [0.15, 0.2) is 59.5 Å². The molecule has 1 aliphatic carbocycles. The summed E-state index contributed by atoms with van der Waals surface area (Å²) in [6.45, 7) is 3.33. The van der Waals surface area contributed by atoms with Crippen LogP contribution in [0.3, 0.4) is 0 Å². The van der Waals surface area contributed by atoms with Crippen LogP contribution in [-0.2, 0) is 14.5 Å². The van der Waals surface area contributed by atoms with Crippen molar-refractivity contribution in [1.29, 1.82) is 0 Å². The molecular weight excluding hydrogens is 306 g/mol. The fourth-order valence-corrected chi connectivity index (χ4v) is 2.68. The van der Waals surface area contributed by atoms with Gasteiger partial charge in [0.15, 0.2) is 5.76 Å². The van der Waals surface area contributed by atoms with E-state index in [0.29, 0.717) is 24.5 Å². The molecule has 3 rings (SSSR count).